The minimum Gasteiger partial charge on any atom is -0.485 e. The van der Waals surface area contributed by atoms with E-state index in [1.165, 1.54) is 0 Å². The van der Waals surface area contributed by atoms with E-state index in [4.69, 9.17) is 9.47 Å². The fourth-order valence-electron chi connectivity index (χ4n) is 2.29. The lowest BCUT2D eigenvalue weighted by Gasteiger charge is -2.33. The molecule has 0 fully saturated rings. The number of benzene rings is 1. The van der Waals surface area contributed by atoms with Gasteiger partial charge in [0.25, 0.3) is 0 Å². The number of para-hydroxylation sites is 2. The molecule has 1 aromatic rings. The van der Waals surface area contributed by atoms with E-state index in [9.17, 15) is 0 Å². The molecule has 2 rings (SSSR count). The van der Waals surface area contributed by atoms with Gasteiger partial charge in [0.2, 0.25) is 0 Å². The summed E-state index contributed by atoms with van der Waals surface area (Å²) >= 11 is 0. The van der Waals surface area contributed by atoms with E-state index in [1.54, 1.807) is 7.11 Å². The molecule has 106 valence electrons. The summed E-state index contributed by atoms with van der Waals surface area (Å²) in [5.41, 5.74) is 1.09. The Bertz CT molecular complexity index is 395. The number of nitrogens with zero attached hydrogens (tertiary/aromatic N) is 1. The van der Waals surface area contributed by atoms with Crippen LogP contribution in [0.25, 0.3) is 0 Å². The molecule has 0 bridgehead atoms. The van der Waals surface area contributed by atoms with Gasteiger partial charge in [-0.25, -0.2) is 0 Å². The Morgan fingerprint density at radius 2 is 2.21 bits per heavy atom. The summed E-state index contributed by atoms with van der Waals surface area (Å²) < 4.78 is 11.2. The predicted molar refractivity (Wildman–Crippen MR) is 77.9 cm³/mol. The maximum atomic E-state index is 6.05. The molecule has 1 aliphatic heterocycles. The van der Waals surface area contributed by atoms with Crippen LogP contribution in [0.3, 0.4) is 0 Å². The minimum absolute atomic E-state index is 0.189. The first-order chi connectivity index (χ1) is 9.20. The number of hydrogen-bond donors (Lipinski definition) is 1. The fourth-order valence-corrected chi connectivity index (χ4v) is 2.29. The second-order valence-corrected chi connectivity index (χ2v) is 5.20. The van der Waals surface area contributed by atoms with Gasteiger partial charge in [-0.15, -0.1) is 0 Å². The number of ether oxygens (including phenoxy) is 2. The standard InChI is InChI=1S/C15H24N2O2/c1-12(2)17(8-9-18-3)11-13-10-16-14-6-4-5-7-15(14)19-13/h4-7,12-13,16H,8-11H2,1-3H3. The minimum atomic E-state index is 0.189. The van der Waals surface area contributed by atoms with Gasteiger partial charge in [-0.2, -0.15) is 0 Å². The van der Waals surface area contributed by atoms with Crippen molar-refractivity contribution in [3.05, 3.63) is 24.3 Å². The molecule has 19 heavy (non-hydrogen) atoms. The molecule has 0 aliphatic carbocycles. The molecule has 0 saturated carbocycles. The zero-order valence-corrected chi connectivity index (χ0v) is 12.1. The number of hydrogen-bond acceptors (Lipinski definition) is 4. The van der Waals surface area contributed by atoms with Gasteiger partial charge in [0, 0.05) is 26.2 Å². The molecular weight excluding hydrogens is 240 g/mol. The summed E-state index contributed by atoms with van der Waals surface area (Å²) in [5.74, 6) is 0.953. The van der Waals surface area contributed by atoms with Crippen LogP contribution in [0.4, 0.5) is 5.69 Å². The highest BCUT2D eigenvalue weighted by atomic mass is 16.5. The zero-order valence-electron chi connectivity index (χ0n) is 12.1. The first-order valence-corrected chi connectivity index (χ1v) is 6.93. The number of fused-ring (bicyclic) bond motifs is 1. The van der Waals surface area contributed by atoms with Gasteiger partial charge in [-0.1, -0.05) is 12.1 Å². The lowest BCUT2D eigenvalue weighted by molar-refractivity contribution is 0.0858. The van der Waals surface area contributed by atoms with Crippen LogP contribution >= 0.6 is 0 Å². The molecule has 0 radical (unpaired) electrons. The van der Waals surface area contributed by atoms with E-state index in [-0.39, 0.29) is 6.10 Å². The Hall–Kier alpha value is -1.26. The lowest BCUT2D eigenvalue weighted by Crippen LogP contribution is -2.45. The Morgan fingerprint density at radius 3 is 2.95 bits per heavy atom. The summed E-state index contributed by atoms with van der Waals surface area (Å²) in [5, 5.41) is 3.43. The SMILES string of the molecule is COCCN(CC1CNc2ccccc2O1)C(C)C. The van der Waals surface area contributed by atoms with Gasteiger partial charge >= 0.3 is 0 Å². The normalized spacial score (nSPS) is 18.1. The smallest absolute Gasteiger partial charge is 0.142 e. The summed E-state index contributed by atoms with van der Waals surface area (Å²) in [6.07, 6.45) is 0.189. The van der Waals surface area contributed by atoms with Crippen molar-refractivity contribution in [3.63, 3.8) is 0 Å². The van der Waals surface area contributed by atoms with Crippen LogP contribution in [0.2, 0.25) is 0 Å². The van der Waals surface area contributed by atoms with Crippen molar-refractivity contribution in [3.8, 4) is 5.75 Å². The largest absolute Gasteiger partial charge is 0.485 e. The lowest BCUT2D eigenvalue weighted by atomic mass is 10.2. The van der Waals surface area contributed by atoms with E-state index in [1.807, 2.05) is 18.2 Å². The first-order valence-electron chi connectivity index (χ1n) is 6.93. The molecule has 1 atom stereocenters. The highest BCUT2D eigenvalue weighted by Crippen LogP contribution is 2.28. The van der Waals surface area contributed by atoms with E-state index < -0.39 is 0 Å². The topological polar surface area (TPSA) is 33.7 Å². The molecule has 0 amide bonds. The van der Waals surface area contributed by atoms with E-state index in [0.29, 0.717) is 6.04 Å². The molecule has 4 heteroatoms. The van der Waals surface area contributed by atoms with Gasteiger partial charge < -0.3 is 14.8 Å². The van der Waals surface area contributed by atoms with Gasteiger partial charge in [0.05, 0.1) is 18.8 Å². The highest BCUT2D eigenvalue weighted by Gasteiger charge is 2.22. The Kier molecular flexibility index (Phi) is 5.05. The number of anilines is 1. The van der Waals surface area contributed by atoms with Crippen molar-refractivity contribution in [1.29, 1.82) is 0 Å². The molecule has 0 aromatic heterocycles. The average Bonchev–Trinajstić information content (AvgIpc) is 2.43. The number of nitrogens with one attached hydrogen (secondary N) is 1. The van der Waals surface area contributed by atoms with E-state index in [2.05, 4.69) is 30.1 Å². The number of rotatable bonds is 6. The molecule has 1 N–H and O–H groups in total. The molecule has 0 spiro atoms. The molecule has 4 nitrogen and oxygen atoms in total. The second-order valence-electron chi connectivity index (χ2n) is 5.20. The van der Waals surface area contributed by atoms with Gasteiger partial charge in [-0.05, 0) is 26.0 Å². The summed E-state index contributed by atoms with van der Waals surface area (Å²) in [4.78, 5) is 2.39. The van der Waals surface area contributed by atoms with Crippen LogP contribution in [-0.4, -0.2) is 50.4 Å². The second kappa shape index (κ2) is 6.78. The summed E-state index contributed by atoms with van der Waals surface area (Å²) in [7, 11) is 1.74. The molecular formula is C15H24N2O2. The van der Waals surface area contributed by atoms with E-state index >= 15 is 0 Å². The first kappa shape index (κ1) is 14.2. The molecule has 1 heterocycles. The summed E-state index contributed by atoms with van der Waals surface area (Å²) in [6, 6.07) is 8.60. The Morgan fingerprint density at radius 1 is 1.42 bits per heavy atom. The number of methoxy groups -OCH3 is 1. The third kappa shape index (κ3) is 3.85. The van der Waals surface area contributed by atoms with Crippen LogP contribution < -0.4 is 10.1 Å². The van der Waals surface area contributed by atoms with Gasteiger partial charge in [-0.3, -0.25) is 4.90 Å². The van der Waals surface area contributed by atoms with Crippen LogP contribution in [0.15, 0.2) is 24.3 Å². The van der Waals surface area contributed by atoms with Crippen molar-refractivity contribution in [2.24, 2.45) is 0 Å². The van der Waals surface area contributed by atoms with Crippen molar-refractivity contribution < 1.29 is 9.47 Å². The van der Waals surface area contributed by atoms with Crippen LogP contribution in [-0.2, 0) is 4.74 Å². The van der Waals surface area contributed by atoms with Gasteiger partial charge in [0.1, 0.15) is 11.9 Å². The van der Waals surface area contributed by atoms with Crippen molar-refractivity contribution in [2.45, 2.75) is 26.0 Å². The van der Waals surface area contributed by atoms with Crippen molar-refractivity contribution in [1.82, 2.24) is 4.90 Å². The van der Waals surface area contributed by atoms with Gasteiger partial charge in [0.15, 0.2) is 0 Å². The average molecular weight is 264 g/mol. The zero-order chi connectivity index (χ0) is 13.7. The van der Waals surface area contributed by atoms with Crippen molar-refractivity contribution in [2.75, 3.05) is 38.7 Å². The third-order valence-electron chi connectivity index (χ3n) is 3.45. The van der Waals surface area contributed by atoms with Crippen LogP contribution in [0.5, 0.6) is 5.75 Å². The third-order valence-corrected chi connectivity index (χ3v) is 3.45. The highest BCUT2D eigenvalue weighted by molar-refractivity contribution is 5.57. The summed E-state index contributed by atoms with van der Waals surface area (Å²) in [6.45, 7) is 7.89. The molecule has 0 saturated heterocycles. The van der Waals surface area contributed by atoms with Crippen molar-refractivity contribution >= 4 is 5.69 Å². The quantitative estimate of drug-likeness (QED) is 0.854. The van der Waals surface area contributed by atoms with Crippen LogP contribution in [0.1, 0.15) is 13.8 Å². The van der Waals surface area contributed by atoms with Crippen LogP contribution in [0, 0.1) is 0 Å². The van der Waals surface area contributed by atoms with E-state index in [0.717, 1.165) is 37.7 Å². The fraction of sp³-hybridized carbons (Fsp3) is 0.600. The Balaban J connectivity index is 1.92. The Labute approximate surface area is 115 Å². The molecule has 1 unspecified atom stereocenters. The molecule has 1 aliphatic rings. The monoisotopic (exact) mass is 264 g/mol. The predicted octanol–water partition coefficient (Wildman–Crippen LogP) is 2.22. The molecule has 1 aromatic carbocycles. The maximum absolute atomic E-state index is 6.05. The maximum Gasteiger partial charge on any atom is 0.142 e.